The van der Waals surface area contributed by atoms with Crippen LogP contribution in [0.25, 0.3) is 16.9 Å². The van der Waals surface area contributed by atoms with E-state index in [0.29, 0.717) is 30.6 Å². The summed E-state index contributed by atoms with van der Waals surface area (Å²) in [5, 5.41) is 3.07. The van der Waals surface area contributed by atoms with Crippen molar-refractivity contribution in [1.82, 2.24) is 29.2 Å². The molecule has 0 saturated carbocycles. The molecule has 210 valence electrons. The van der Waals surface area contributed by atoms with Crippen LogP contribution in [0.4, 0.5) is 30.6 Å². The molecule has 0 fully saturated rings. The number of pyridine rings is 1. The first-order chi connectivity index (χ1) is 18.8. The van der Waals surface area contributed by atoms with E-state index in [1.165, 1.54) is 34.1 Å². The standard InChI is InChI=1S/C26H27F3N8O2S/c1-5-10-36-24(38)19-14-30-25(33-23(19)37(36)22-8-6-7-21(32-22)34-40(3,4)39)31-17-12-16-15-35(2)11-9-18(16)20(13-17)26(27,28)29/h5-8,12-14H,1,9-11,15H2,2-4H3,(H,30,31,33). The molecule has 1 N–H and O–H groups in total. The van der Waals surface area contributed by atoms with E-state index in [4.69, 9.17) is 0 Å². The molecule has 0 aliphatic carbocycles. The Morgan fingerprint density at radius 2 is 2.00 bits per heavy atom. The van der Waals surface area contributed by atoms with Crippen molar-refractivity contribution in [1.29, 1.82) is 0 Å². The van der Waals surface area contributed by atoms with E-state index in [9.17, 15) is 22.2 Å². The summed E-state index contributed by atoms with van der Waals surface area (Å²) in [5.74, 6) is 0.484. The highest BCUT2D eigenvalue weighted by Crippen LogP contribution is 2.38. The molecule has 4 aromatic rings. The quantitative estimate of drug-likeness (QED) is 0.344. The predicted octanol–water partition coefficient (Wildman–Crippen LogP) is 4.27. The maximum atomic E-state index is 13.9. The average Bonchev–Trinajstić information content (AvgIpc) is 3.13. The lowest BCUT2D eigenvalue weighted by atomic mass is 9.93. The minimum atomic E-state index is -4.52. The van der Waals surface area contributed by atoms with E-state index in [0.717, 1.165) is 6.07 Å². The maximum Gasteiger partial charge on any atom is 0.416 e. The Kier molecular flexibility index (Phi) is 7.00. The zero-order valence-electron chi connectivity index (χ0n) is 22.1. The largest absolute Gasteiger partial charge is 0.416 e. The molecule has 1 aromatic carbocycles. The zero-order valence-corrected chi connectivity index (χ0v) is 22.9. The van der Waals surface area contributed by atoms with Gasteiger partial charge in [-0.1, -0.05) is 12.1 Å². The summed E-state index contributed by atoms with van der Waals surface area (Å²) in [6, 6.07) is 7.61. The Labute approximate surface area is 228 Å². The highest BCUT2D eigenvalue weighted by Gasteiger charge is 2.36. The smallest absolute Gasteiger partial charge is 0.324 e. The molecule has 0 amide bonds. The number of nitrogens with one attached hydrogen (secondary N) is 1. The summed E-state index contributed by atoms with van der Waals surface area (Å²) in [6.07, 6.45) is 1.59. The van der Waals surface area contributed by atoms with Gasteiger partial charge in [-0.25, -0.2) is 23.5 Å². The van der Waals surface area contributed by atoms with Crippen LogP contribution in [0.1, 0.15) is 16.7 Å². The number of hydrogen-bond acceptors (Lipinski definition) is 8. The van der Waals surface area contributed by atoms with Gasteiger partial charge in [0.25, 0.3) is 5.56 Å². The van der Waals surface area contributed by atoms with Crippen molar-refractivity contribution in [2.45, 2.75) is 25.7 Å². The molecule has 40 heavy (non-hydrogen) atoms. The number of anilines is 2. The second-order valence-corrected chi connectivity index (χ2v) is 12.4. The predicted molar refractivity (Wildman–Crippen MR) is 148 cm³/mol. The van der Waals surface area contributed by atoms with E-state index >= 15 is 0 Å². The van der Waals surface area contributed by atoms with Crippen LogP contribution >= 0.6 is 0 Å². The fraction of sp³-hybridized carbons (Fsp3) is 0.308. The molecule has 0 saturated heterocycles. The molecule has 0 unspecified atom stereocenters. The molecule has 0 atom stereocenters. The van der Waals surface area contributed by atoms with Crippen molar-refractivity contribution in [3.05, 3.63) is 76.2 Å². The van der Waals surface area contributed by atoms with E-state index in [1.807, 2.05) is 11.9 Å². The first kappa shape index (κ1) is 27.5. The van der Waals surface area contributed by atoms with Crippen molar-refractivity contribution in [3.8, 4) is 5.82 Å². The van der Waals surface area contributed by atoms with Crippen molar-refractivity contribution >= 4 is 38.2 Å². The number of hydrogen-bond donors (Lipinski definition) is 1. The van der Waals surface area contributed by atoms with Crippen LogP contribution in [-0.4, -0.2) is 59.5 Å². The molecule has 1 aliphatic heterocycles. The van der Waals surface area contributed by atoms with Crippen LogP contribution in [0.2, 0.25) is 0 Å². The van der Waals surface area contributed by atoms with Gasteiger partial charge in [-0.05, 0) is 48.9 Å². The first-order valence-electron chi connectivity index (χ1n) is 12.3. The van der Waals surface area contributed by atoms with E-state index in [1.54, 1.807) is 24.3 Å². The Balaban J connectivity index is 1.64. The number of halogens is 3. The lowest BCUT2D eigenvalue weighted by molar-refractivity contribution is -0.138. The summed E-state index contributed by atoms with van der Waals surface area (Å²) < 4.78 is 61.0. The van der Waals surface area contributed by atoms with E-state index in [-0.39, 0.29) is 40.8 Å². The van der Waals surface area contributed by atoms with Gasteiger partial charge in [-0.3, -0.25) is 4.79 Å². The van der Waals surface area contributed by atoms with Crippen LogP contribution in [0.3, 0.4) is 0 Å². The molecule has 10 nitrogen and oxygen atoms in total. The van der Waals surface area contributed by atoms with Gasteiger partial charge in [-0.15, -0.1) is 6.58 Å². The molecular weight excluding hydrogens is 545 g/mol. The van der Waals surface area contributed by atoms with Gasteiger partial charge in [0.1, 0.15) is 5.39 Å². The fourth-order valence-electron chi connectivity index (χ4n) is 4.71. The van der Waals surface area contributed by atoms with Gasteiger partial charge in [0.05, 0.1) is 12.1 Å². The summed E-state index contributed by atoms with van der Waals surface area (Å²) in [4.78, 5) is 28.3. The summed E-state index contributed by atoms with van der Waals surface area (Å²) in [6.45, 7) is 4.76. The number of nitrogens with zero attached hydrogens (tertiary/aromatic N) is 7. The molecule has 1 aliphatic rings. The first-order valence-corrected chi connectivity index (χ1v) is 14.6. The van der Waals surface area contributed by atoms with Gasteiger partial charge in [0.15, 0.2) is 17.3 Å². The number of fused-ring (bicyclic) bond motifs is 2. The van der Waals surface area contributed by atoms with Crippen LogP contribution in [0.15, 0.2) is 58.3 Å². The van der Waals surface area contributed by atoms with Gasteiger partial charge < -0.3 is 10.2 Å². The van der Waals surface area contributed by atoms with Crippen LogP contribution in [-0.2, 0) is 35.4 Å². The normalized spacial score (nSPS) is 14.2. The molecule has 5 rings (SSSR count). The van der Waals surface area contributed by atoms with Gasteiger partial charge in [-0.2, -0.15) is 22.5 Å². The van der Waals surface area contributed by atoms with Gasteiger partial charge in [0, 0.05) is 47.2 Å². The lowest BCUT2D eigenvalue weighted by Crippen LogP contribution is -2.28. The highest BCUT2D eigenvalue weighted by atomic mass is 32.2. The summed E-state index contributed by atoms with van der Waals surface area (Å²) >= 11 is 0. The number of alkyl halides is 3. The Morgan fingerprint density at radius 3 is 2.70 bits per heavy atom. The maximum absolute atomic E-state index is 13.9. The zero-order chi connectivity index (χ0) is 28.8. The Bertz CT molecular complexity index is 1810. The van der Waals surface area contributed by atoms with Crippen molar-refractivity contribution in [2.24, 2.45) is 4.36 Å². The summed E-state index contributed by atoms with van der Waals surface area (Å²) in [5.41, 5.74) is 0.133. The monoisotopic (exact) mass is 572 g/mol. The lowest BCUT2D eigenvalue weighted by Gasteiger charge is -2.28. The van der Waals surface area contributed by atoms with Crippen molar-refractivity contribution in [3.63, 3.8) is 0 Å². The Hall–Kier alpha value is -4.04. The molecule has 0 spiro atoms. The van der Waals surface area contributed by atoms with Crippen molar-refractivity contribution < 1.29 is 17.4 Å². The highest BCUT2D eigenvalue weighted by molar-refractivity contribution is 7.92. The SMILES string of the molecule is C=CCn1c(=O)c2cnc(Nc3cc4c(c(C(F)(F)F)c3)CCN(C)C4)nc2n1-c1cccc(N=S(C)(C)=O)n1. The molecule has 3 aromatic heterocycles. The molecule has 4 heterocycles. The number of allylic oxidation sites excluding steroid dienone is 1. The fourth-order valence-corrected chi connectivity index (χ4v) is 5.26. The minimum Gasteiger partial charge on any atom is -0.324 e. The second kappa shape index (κ2) is 10.2. The molecule has 0 bridgehead atoms. The third kappa shape index (κ3) is 5.49. The van der Waals surface area contributed by atoms with Crippen LogP contribution < -0.4 is 10.9 Å². The third-order valence-corrected chi connectivity index (χ3v) is 6.94. The molecule has 14 heteroatoms. The van der Waals surface area contributed by atoms with Gasteiger partial charge in [0.2, 0.25) is 5.95 Å². The third-order valence-electron chi connectivity index (χ3n) is 6.32. The second-order valence-electron chi connectivity index (χ2n) is 9.82. The van der Waals surface area contributed by atoms with Crippen molar-refractivity contribution in [2.75, 3.05) is 31.4 Å². The number of likely N-dealkylation sites (N-methyl/N-ethyl adjacent to an activating group) is 1. The molecule has 0 radical (unpaired) electrons. The Morgan fingerprint density at radius 1 is 1.23 bits per heavy atom. The summed E-state index contributed by atoms with van der Waals surface area (Å²) in [7, 11) is -0.642. The van der Waals surface area contributed by atoms with Gasteiger partial charge >= 0.3 is 6.18 Å². The number of rotatable bonds is 6. The van der Waals surface area contributed by atoms with E-state index in [2.05, 4.69) is 31.2 Å². The number of aromatic nitrogens is 5. The molecular formula is C26H27F3N8O2S. The number of benzene rings is 1. The van der Waals surface area contributed by atoms with Crippen LogP contribution in [0, 0.1) is 0 Å². The van der Waals surface area contributed by atoms with E-state index < -0.39 is 27.0 Å². The topological polar surface area (TPSA) is 110 Å². The average molecular weight is 573 g/mol. The minimum absolute atomic E-state index is 0.000203. The van der Waals surface area contributed by atoms with Crippen LogP contribution in [0.5, 0.6) is 0 Å².